The number of anilines is 2. The van der Waals surface area contributed by atoms with Crippen molar-refractivity contribution >= 4 is 22.8 Å². The molecule has 0 aliphatic heterocycles. The minimum Gasteiger partial charge on any atom is -0.423 e. The van der Waals surface area contributed by atoms with E-state index in [0.717, 1.165) is 6.42 Å². The number of para-hydroxylation sites is 1. The molecule has 17 heavy (non-hydrogen) atoms. The quantitative estimate of drug-likeness (QED) is 0.777. The van der Waals surface area contributed by atoms with Crippen LogP contribution in [0.25, 0.3) is 11.1 Å². The molecule has 1 heterocycles. The van der Waals surface area contributed by atoms with E-state index < -0.39 is 0 Å². The summed E-state index contributed by atoms with van der Waals surface area (Å²) in [5.74, 6) is 0. The van der Waals surface area contributed by atoms with Crippen molar-refractivity contribution in [3.63, 3.8) is 0 Å². The number of nitrogens with zero attached hydrogens (tertiary/aromatic N) is 1. The number of aromatic nitrogens is 1. The minimum atomic E-state index is 0.189. The number of methoxy groups -OCH3 is 1. The zero-order chi connectivity index (χ0) is 12.3. The molecule has 5 heteroatoms. The van der Waals surface area contributed by atoms with Crippen LogP contribution in [0.5, 0.6) is 0 Å². The van der Waals surface area contributed by atoms with Crippen molar-refractivity contribution in [3.8, 4) is 0 Å². The summed E-state index contributed by atoms with van der Waals surface area (Å²) < 4.78 is 10.7. The Morgan fingerprint density at radius 3 is 3.00 bits per heavy atom. The van der Waals surface area contributed by atoms with Gasteiger partial charge in [-0.15, -0.1) is 0 Å². The van der Waals surface area contributed by atoms with Crippen LogP contribution < -0.4 is 11.1 Å². The number of benzene rings is 1. The number of rotatable bonds is 5. The van der Waals surface area contributed by atoms with Crippen molar-refractivity contribution in [2.24, 2.45) is 0 Å². The van der Waals surface area contributed by atoms with Gasteiger partial charge < -0.3 is 20.2 Å². The first-order valence-corrected chi connectivity index (χ1v) is 5.65. The van der Waals surface area contributed by atoms with Gasteiger partial charge >= 0.3 is 0 Å². The molecule has 0 amide bonds. The van der Waals surface area contributed by atoms with Crippen LogP contribution in [0, 0.1) is 0 Å². The maximum atomic E-state index is 5.82. The molecule has 2 aromatic rings. The largest absolute Gasteiger partial charge is 0.423 e. The molecule has 5 nitrogen and oxygen atoms in total. The number of nitrogens with two attached hydrogens (primary N) is 1. The first-order chi connectivity index (χ1) is 8.24. The second-order valence-electron chi connectivity index (χ2n) is 3.92. The van der Waals surface area contributed by atoms with Gasteiger partial charge in [-0.1, -0.05) is 13.0 Å². The molecule has 1 aromatic heterocycles. The molecule has 1 unspecified atom stereocenters. The van der Waals surface area contributed by atoms with E-state index in [0.29, 0.717) is 29.4 Å². The molecule has 2 rings (SSSR count). The molecule has 3 N–H and O–H groups in total. The van der Waals surface area contributed by atoms with Gasteiger partial charge in [0.25, 0.3) is 6.01 Å². The van der Waals surface area contributed by atoms with Crippen molar-refractivity contribution in [2.45, 2.75) is 19.4 Å². The summed E-state index contributed by atoms with van der Waals surface area (Å²) in [7, 11) is 1.67. The molecular formula is C12H17N3O2. The lowest BCUT2D eigenvalue weighted by molar-refractivity contribution is 0.183. The summed E-state index contributed by atoms with van der Waals surface area (Å²) in [4.78, 5) is 4.32. The molecule has 0 aliphatic carbocycles. The van der Waals surface area contributed by atoms with E-state index in [4.69, 9.17) is 14.9 Å². The number of ether oxygens (including phenoxy) is 1. The lowest BCUT2D eigenvalue weighted by Gasteiger charge is -2.13. The van der Waals surface area contributed by atoms with Crippen LogP contribution >= 0.6 is 0 Å². The molecule has 0 radical (unpaired) electrons. The van der Waals surface area contributed by atoms with Gasteiger partial charge in [0.2, 0.25) is 0 Å². The average molecular weight is 235 g/mol. The average Bonchev–Trinajstić information content (AvgIpc) is 2.72. The Kier molecular flexibility index (Phi) is 3.49. The zero-order valence-electron chi connectivity index (χ0n) is 10.1. The topological polar surface area (TPSA) is 73.3 Å². The fourth-order valence-electron chi connectivity index (χ4n) is 1.67. The van der Waals surface area contributed by atoms with Crippen LogP contribution in [-0.4, -0.2) is 24.7 Å². The number of nitrogen functional groups attached to an aromatic ring is 1. The van der Waals surface area contributed by atoms with Crippen LogP contribution in [0.3, 0.4) is 0 Å². The van der Waals surface area contributed by atoms with Crippen LogP contribution in [0.15, 0.2) is 22.6 Å². The standard InChI is InChI=1S/C12H17N3O2/c1-3-8(7-16-2)14-12-15-11-9(13)5-4-6-10(11)17-12/h4-6,8H,3,7,13H2,1-2H3,(H,14,15). The predicted octanol–water partition coefficient (Wildman–Crippen LogP) is 2.25. The molecule has 1 atom stereocenters. The molecular weight excluding hydrogens is 218 g/mol. The van der Waals surface area contributed by atoms with E-state index in [-0.39, 0.29) is 6.04 Å². The Balaban J connectivity index is 2.21. The van der Waals surface area contributed by atoms with Gasteiger partial charge in [-0.2, -0.15) is 4.98 Å². The second-order valence-corrected chi connectivity index (χ2v) is 3.92. The van der Waals surface area contributed by atoms with Gasteiger partial charge in [-0.05, 0) is 18.6 Å². The summed E-state index contributed by atoms with van der Waals surface area (Å²) in [6.07, 6.45) is 0.933. The van der Waals surface area contributed by atoms with Gasteiger partial charge in [0.15, 0.2) is 5.58 Å². The van der Waals surface area contributed by atoms with Crippen LogP contribution in [0.4, 0.5) is 11.7 Å². The number of fused-ring (bicyclic) bond motifs is 1. The van der Waals surface area contributed by atoms with Gasteiger partial charge in [0, 0.05) is 7.11 Å². The van der Waals surface area contributed by atoms with Crippen molar-refractivity contribution in [1.29, 1.82) is 0 Å². The molecule has 0 aliphatic rings. The highest BCUT2D eigenvalue weighted by Gasteiger charge is 2.12. The maximum absolute atomic E-state index is 5.82. The zero-order valence-corrected chi connectivity index (χ0v) is 10.1. The number of oxazole rings is 1. The predicted molar refractivity (Wildman–Crippen MR) is 68.0 cm³/mol. The summed E-state index contributed by atoms with van der Waals surface area (Å²) in [6.45, 7) is 2.69. The Labute approximate surface area is 100.0 Å². The molecule has 0 spiro atoms. The van der Waals surface area contributed by atoms with Crippen molar-refractivity contribution in [3.05, 3.63) is 18.2 Å². The molecule has 1 aromatic carbocycles. The highest BCUT2D eigenvalue weighted by molar-refractivity contribution is 5.86. The third-order valence-corrected chi connectivity index (χ3v) is 2.64. The first-order valence-electron chi connectivity index (χ1n) is 5.65. The summed E-state index contributed by atoms with van der Waals surface area (Å²) in [6, 6.07) is 6.18. The van der Waals surface area contributed by atoms with E-state index in [2.05, 4.69) is 17.2 Å². The van der Waals surface area contributed by atoms with Gasteiger partial charge in [0.1, 0.15) is 5.52 Å². The molecule has 0 saturated heterocycles. The van der Waals surface area contributed by atoms with Gasteiger partial charge in [-0.25, -0.2) is 0 Å². The SMILES string of the molecule is CCC(COC)Nc1nc2c(N)cccc2o1. The highest BCUT2D eigenvalue weighted by atomic mass is 16.5. The van der Waals surface area contributed by atoms with Crippen molar-refractivity contribution in [1.82, 2.24) is 4.98 Å². The van der Waals surface area contributed by atoms with Crippen molar-refractivity contribution < 1.29 is 9.15 Å². The Morgan fingerprint density at radius 1 is 1.53 bits per heavy atom. The Morgan fingerprint density at radius 2 is 2.35 bits per heavy atom. The minimum absolute atomic E-state index is 0.189. The first kappa shape index (κ1) is 11.7. The monoisotopic (exact) mass is 235 g/mol. The smallest absolute Gasteiger partial charge is 0.296 e. The lowest BCUT2D eigenvalue weighted by Crippen LogP contribution is -2.23. The summed E-state index contributed by atoms with van der Waals surface area (Å²) in [5, 5.41) is 3.19. The van der Waals surface area contributed by atoms with Crippen LogP contribution in [0.2, 0.25) is 0 Å². The molecule has 0 bridgehead atoms. The third kappa shape index (κ3) is 2.50. The van der Waals surface area contributed by atoms with E-state index in [1.165, 1.54) is 0 Å². The molecule has 0 saturated carbocycles. The van der Waals surface area contributed by atoms with E-state index >= 15 is 0 Å². The number of hydrogen-bond acceptors (Lipinski definition) is 5. The van der Waals surface area contributed by atoms with Crippen LogP contribution in [-0.2, 0) is 4.74 Å². The second kappa shape index (κ2) is 5.05. The van der Waals surface area contributed by atoms with Gasteiger partial charge in [-0.3, -0.25) is 0 Å². The van der Waals surface area contributed by atoms with Crippen LogP contribution in [0.1, 0.15) is 13.3 Å². The Hall–Kier alpha value is -1.75. The van der Waals surface area contributed by atoms with Gasteiger partial charge in [0.05, 0.1) is 18.3 Å². The Bertz CT molecular complexity index is 495. The lowest BCUT2D eigenvalue weighted by atomic mass is 10.2. The van der Waals surface area contributed by atoms with E-state index in [1.54, 1.807) is 13.2 Å². The normalized spacial score (nSPS) is 12.8. The maximum Gasteiger partial charge on any atom is 0.296 e. The number of nitrogens with one attached hydrogen (secondary N) is 1. The molecule has 92 valence electrons. The number of hydrogen-bond donors (Lipinski definition) is 2. The summed E-state index contributed by atoms with van der Waals surface area (Å²) in [5.41, 5.74) is 7.83. The summed E-state index contributed by atoms with van der Waals surface area (Å²) >= 11 is 0. The van der Waals surface area contributed by atoms with E-state index in [9.17, 15) is 0 Å². The molecule has 0 fully saturated rings. The fourth-order valence-corrected chi connectivity index (χ4v) is 1.67. The highest BCUT2D eigenvalue weighted by Crippen LogP contribution is 2.24. The van der Waals surface area contributed by atoms with E-state index in [1.807, 2.05) is 12.1 Å². The fraction of sp³-hybridized carbons (Fsp3) is 0.417. The van der Waals surface area contributed by atoms with Crippen molar-refractivity contribution in [2.75, 3.05) is 24.8 Å². The third-order valence-electron chi connectivity index (χ3n) is 2.64.